The van der Waals surface area contributed by atoms with E-state index in [9.17, 15) is 5.11 Å². The van der Waals surface area contributed by atoms with Crippen molar-refractivity contribution in [1.82, 2.24) is 0 Å². The number of hydrogen-bond acceptors (Lipinski definition) is 1. The predicted octanol–water partition coefficient (Wildman–Crippen LogP) is 3.18. The molecule has 0 aliphatic rings. The van der Waals surface area contributed by atoms with Crippen LogP contribution in [0.4, 0.5) is 0 Å². The molecule has 1 heteroatoms. The van der Waals surface area contributed by atoms with Crippen LogP contribution in [0.25, 0.3) is 0 Å². The summed E-state index contributed by atoms with van der Waals surface area (Å²) in [5.74, 6) is 0. The van der Waals surface area contributed by atoms with Gasteiger partial charge in [-0.3, -0.25) is 0 Å². The average Bonchev–Trinajstić information content (AvgIpc) is 2.41. The lowest BCUT2D eigenvalue weighted by Gasteiger charge is -2.28. The van der Waals surface area contributed by atoms with Crippen LogP contribution in [0.5, 0.6) is 0 Å². The summed E-state index contributed by atoms with van der Waals surface area (Å²) < 4.78 is 0. The molecule has 0 aliphatic heterocycles. The van der Waals surface area contributed by atoms with Gasteiger partial charge in [0.2, 0.25) is 0 Å². The molecule has 1 nitrogen and oxygen atoms in total. The van der Waals surface area contributed by atoms with Crippen LogP contribution >= 0.6 is 0 Å². The summed E-state index contributed by atoms with van der Waals surface area (Å²) in [6.45, 7) is 2.27. The van der Waals surface area contributed by atoms with Gasteiger partial charge in [0.1, 0.15) is 0 Å². The van der Waals surface area contributed by atoms with Crippen LogP contribution in [0.15, 0.2) is 60.7 Å². The second-order valence-corrected chi connectivity index (χ2v) is 4.75. The zero-order chi connectivity index (χ0) is 12.1. The molecule has 0 unspecified atom stereocenters. The lowest BCUT2D eigenvalue weighted by atomic mass is 9.78. The quantitative estimate of drug-likeness (QED) is 0.849. The zero-order valence-electron chi connectivity index (χ0n) is 10.1. The lowest BCUT2D eigenvalue weighted by Crippen LogP contribution is -2.29. The van der Waals surface area contributed by atoms with E-state index in [2.05, 4.69) is 31.2 Å². The van der Waals surface area contributed by atoms with Gasteiger partial charge in [0.25, 0.3) is 0 Å². The molecule has 0 spiro atoms. The monoisotopic (exact) mass is 226 g/mol. The number of aliphatic hydroxyl groups excluding tert-OH is 1. The highest BCUT2D eigenvalue weighted by Gasteiger charge is 2.25. The minimum atomic E-state index is -0.206. The van der Waals surface area contributed by atoms with E-state index in [1.807, 2.05) is 36.4 Å². The molecule has 1 N–H and O–H groups in total. The van der Waals surface area contributed by atoms with Crippen molar-refractivity contribution in [3.8, 4) is 0 Å². The number of benzene rings is 2. The van der Waals surface area contributed by atoms with E-state index in [1.165, 1.54) is 11.1 Å². The van der Waals surface area contributed by atoms with Gasteiger partial charge in [0.05, 0.1) is 6.61 Å². The molecule has 2 aromatic rings. The fourth-order valence-electron chi connectivity index (χ4n) is 2.14. The van der Waals surface area contributed by atoms with Gasteiger partial charge in [-0.2, -0.15) is 0 Å². The van der Waals surface area contributed by atoms with Gasteiger partial charge in [-0.05, 0) is 17.5 Å². The zero-order valence-corrected chi connectivity index (χ0v) is 10.1. The molecule has 0 heterocycles. The van der Waals surface area contributed by atoms with E-state index in [1.54, 1.807) is 0 Å². The van der Waals surface area contributed by atoms with Crippen LogP contribution in [0, 0.1) is 0 Å². The topological polar surface area (TPSA) is 20.2 Å². The second kappa shape index (κ2) is 5.15. The molecule has 1 atom stereocenters. The summed E-state index contributed by atoms with van der Waals surface area (Å²) in [5, 5.41) is 9.70. The predicted molar refractivity (Wildman–Crippen MR) is 71.0 cm³/mol. The van der Waals surface area contributed by atoms with Crippen molar-refractivity contribution in [2.75, 3.05) is 6.61 Å². The third-order valence-electron chi connectivity index (χ3n) is 3.26. The van der Waals surface area contributed by atoms with Crippen molar-refractivity contribution in [2.24, 2.45) is 0 Å². The highest BCUT2D eigenvalue weighted by Crippen LogP contribution is 2.27. The highest BCUT2D eigenvalue weighted by molar-refractivity contribution is 5.28. The van der Waals surface area contributed by atoms with Crippen LogP contribution in [0.1, 0.15) is 18.1 Å². The molecule has 0 saturated carbocycles. The van der Waals surface area contributed by atoms with Crippen molar-refractivity contribution in [3.63, 3.8) is 0 Å². The van der Waals surface area contributed by atoms with Gasteiger partial charge in [-0.1, -0.05) is 67.6 Å². The van der Waals surface area contributed by atoms with E-state index in [0.29, 0.717) is 0 Å². The van der Waals surface area contributed by atoms with Crippen molar-refractivity contribution in [3.05, 3.63) is 71.8 Å². The van der Waals surface area contributed by atoms with Crippen LogP contribution in [0.2, 0.25) is 0 Å². The first-order valence-corrected chi connectivity index (χ1v) is 5.95. The van der Waals surface area contributed by atoms with Crippen molar-refractivity contribution < 1.29 is 5.11 Å². The van der Waals surface area contributed by atoms with Crippen LogP contribution in [-0.2, 0) is 11.8 Å². The minimum Gasteiger partial charge on any atom is -0.395 e. The largest absolute Gasteiger partial charge is 0.395 e. The second-order valence-electron chi connectivity index (χ2n) is 4.75. The van der Waals surface area contributed by atoms with Gasteiger partial charge in [0, 0.05) is 5.41 Å². The van der Waals surface area contributed by atoms with Crippen LogP contribution < -0.4 is 0 Å². The lowest BCUT2D eigenvalue weighted by molar-refractivity contribution is 0.204. The van der Waals surface area contributed by atoms with Gasteiger partial charge in [-0.15, -0.1) is 0 Å². The number of rotatable bonds is 4. The third kappa shape index (κ3) is 2.75. The Morgan fingerprint density at radius 2 is 1.41 bits per heavy atom. The number of aliphatic hydroxyl groups is 1. The van der Waals surface area contributed by atoms with Crippen molar-refractivity contribution >= 4 is 0 Å². The Kier molecular flexibility index (Phi) is 3.60. The fourth-order valence-corrected chi connectivity index (χ4v) is 2.14. The van der Waals surface area contributed by atoms with E-state index >= 15 is 0 Å². The van der Waals surface area contributed by atoms with Gasteiger partial charge < -0.3 is 5.11 Å². The van der Waals surface area contributed by atoms with Crippen molar-refractivity contribution in [2.45, 2.75) is 18.8 Å². The molecule has 2 rings (SSSR count). The van der Waals surface area contributed by atoms with Gasteiger partial charge >= 0.3 is 0 Å². The third-order valence-corrected chi connectivity index (χ3v) is 3.26. The van der Waals surface area contributed by atoms with Crippen molar-refractivity contribution in [1.29, 1.82) is 0 Å². The highest BCUT2D eigenvalue weighted by atomic mass is 16.3. The van der Waals surface area contributed by atoms with E-state index in [0.717, 1.165) is 6.42 Å². The Labute approximate surface area is 103 Å². The van der Waals surface area contributed by atoms with E-state index < -0.39 is 0 Å². The molecule has 0 aliphatic carbocycles. The molecular weight excluding hydrogens is 208 g/mol. The molecule has 2 aromatic carbocycles. The molecule has 88 valence electrons. The first kappa shape index (κ1) is 11.9. The summed E-state index contributed by atoms with van der Waals surface area (Å²) in [4.78, 5) is 0. The maximum Gasteiger partial charge on any atom is 0.0528 e. The van der Waals surface area contributed by atoms with E-state index in [-0.39, 0.29) is 12.0 Å². The average molecular weight is 226 g/mol. The Morgan fingerprint density at radius 3 is 1.94 bits per heavy atom. The minimum absolute atomic E-state index is 0.159. The Morgan fingerprint density at radius 1 is 0.882 bits per heavy atom. The molecule has 0 radical (unpaired) electrons. The molecule has 0 saturated heterocycles. The normalized spacial score (nSPS) is 14.2. The standard InChI is InChI=1S/C16H18O/c1-16(13-17,15-10-6-3-7-11-15)12-14-8-4-2-5-9-14/h2-11,17H,12-13H2,1H3/t16-/m0/s1. The Bertz CT molecular complexity index is 449. The summed E-state index contributed by atoms with van der Waals surface area (Å²) in [6.07, 6.45) is 0.856. The first-order chi connectivity index (χ1) is 8.24. The maximum absolute atomic E-state index is 9.70. The molecule has 0 aromatic heterocycles. The maximum atomic E-state index is 9.70. The molecule has 0 bridgehead atoms. The Balaban J connectivity index is 2.27. The summed E-state index contributed by atoms with van der Waals surface area (Å²) in [5.41, 5.74) is 2.24. The fraction of sp³-hybridized carbons (Fsp3) is 0.250. The number of hydrogen-bond donors (Lipinski definition) is 1. The molecule has 17 heavy (non-hydrogen) atoms. The van der Waals surface area contributed by atoms with Gasteiger partial charge in [-0.25, -0.2) is 0 Å². The molecular formula is C16H18O. The first-order valence-electron chi connectivity index (χ1n) is 5.95. The molecule has 0 amide bonds. The van der Waals surface area contributed by atoms with E-state index in [4.69, 9.17) is 0 Å². The molecule has 0 fully saturated rings. The summed E-state index contributed by atoms with van der Waals surface area (Å²) in [6, 6.07) is 20.5. The van der Waals surface area contributed by atoms with Crippen LogP contribution in [-0.4, -0.2) is 11.7 Å². The SMILES string of the molecule is C[C@@](CO)(Cc1ccccc1)c1ccccc1. The van der Waals surface area contributed by atoms with Gasteiger partial charge in [0.15, 0.2) is 0 Å². The van der Waals surface area contributed by atoms with Crippen LogP contribution in [0.3, 0.4) is 0 Å². The smallest absolute Gasteiger partial charge is 0.0528 e. The Hall–Kier alpha value is -1.60. The summed E-state index contributed by atoms with van der Waals surface area (Å²) >= 11 is 0. The summed E-state index contributed by atoms with van der Waals surface area (Å²) in [7, 11) is 0.